The maximum absolute atomic E-state index is 13.8. The fourth-order valence-electron chi connectivity index (χ4n) is 2.72. The lowest BCUT2D eigenvalue weighted by Gasteiger charge is -2.11. The second-order valence-corrected chi connectivity index (χ2v) is 7.17. The number of likely N-dealkylation sites (N-methyl/N-ethyl adjacent to an activating group) is 1. The summed E-state index contributed by atoms with van der Waals surface area (Å²) in [5, 5.41) is 2.82. The van der Waals surface area contributed by atoms with Gasteiger partial charge in [0.05, 0.1) is 11.8 Å². The lowest BCUT2D eigenvalue weighted by molar-refractivity contribution is -0.121. The molecule has 31 heavy (non-hydrogen) atoms. The Bertz CT molecular complexity index is 1020. The fraction of sp³-hybridized carbons (Fsp3) is 0.318. The molecule has 1 amide bonds. The van der Waals surface area contributed by atoms with Crippen LogP contribution in [0.3, 0.4) is 0 Å². The number of nitrogens with one attached hydrogen (secondary N) is 1. The van der Waals surface area contributed by atoms with E-state index in [0.29, 0.717) is 24.9 Å². The van der Waals surface area contributed by atoms with Crippen LogP contribution in [0.5, 0.6) is 5.88 Å². The molecular formula is C22H24F2N4O3. The molecule has 0 aliphatic heterocycles. The van der Waals surface area contributed by atoms with Gasteiger partial charge in [0.2, 0.25) is 11.8 Å². The number of benzene rings is 1. The lowest BCUT2D eigenvalue weighted by Crippen LogP contribution is -2.23. The highest BCUT2D eigenvalue weighted by atomic mass is 19.1. The zero-order valence-electron chi connectivity index (χ0n) is 17.4. The molecule has 0 fully saturated rings. The first-order chi connectivity index (χ1) is 14.9. The van der Waals surface area contributed by atoms with Gasteiger partial charge in [-0.05, 0) is 37.9 Å². The molecule has 0 atom stereocenters. The number of ether oxygens (including phenoxy) is 1. The van der Waals surface area contributed by atoms with Crippen molar-refractivity contribution in [2.45, 2.75) is 19.4 Å². The van der Waals surface area contributed by atoms with Crippen LogP contribution in [0.4, 0.5) is 8.78 Å². The van der Waals surface area contributed by atoms with Gasteiger partial charge in [-0.2, -0.15) is 0 Å². The predicted molar refractivity (Wildman–Crippen MR) is 110 cm³/mol. The van der Waals surface area contributed by atoms with E-state index in [1.165, 1.54) is 12.3 Å². The van der Waals surface area contributed by atoms with E-state index in [0.717, 1.165) is 24.2 Å². The minimum atomic E-state index is -0.733. The van der Waals surface area contributed by atoms with Crippen molar-refractivity contribution >= 4 is 5.91 Å². The van der Waals surface area contributed by atoms with Gasteiger partial charge in [0.25, 0.3) is 0 Å². The number of hydrogen-bond acceptors (Lipinski definition) is 6. The Hall–Kier alpha value is -3.33. The smallest absolute Gasteiger partial charge is 0.220 e. The molecule has 3 aromatic rings. The van der Waals surface area contributed by atoms with Crippen LogP contribution < -0.4 is 10.1 Å². The third-order valence-electron chi connectivity index (χ3n) is 4.39. The van der Waals surface area contributed by atoms with Crippen molar-refractivity contribution in [1.29, 1.82) is 0 Å². The molecule has 164 valence electrons. The minimum Gasteiger partial charge on any atom is -0.476 e. The maximum Gasteiger partial charge on any atom is 0.220 e. The van der Waals surface area contributed by atoms with Gasteiger partial charge in [0.1, 0.15) is 18.2 Å². The van der Waals surface area contributed by atoms with Crippen molar-refractivity contribution in [3.05, 3.63) is 65.8 Å². The van der Waals surface area contributed by atoms with Crippen LogP contribution in [0.25, 0.3) is 11.3 Å². The average molecular weight is 430 g/mol. The van der Waals surface area contributed by atoms with E-state index in [1.807, 2.05) is 19.0 Å². The molecule has 0 spiro atoms. The van der Waals surface area contributed by atoms with Crippen molar-refractivity contribution < 1.29 is 22.7 Å². The summed E-state index contributed by atoms with van der Waals surface area (Å²) in [5.74, 6) is -0.587. The Morgan fingerprint density at radius 2 is 2.03 bits per heavy atom. The minimum absolute atomic E-state index is 0.117. The number of rotatable bonds is 10. The second kappa shape index (κ2) is 10.6. The van der Waals surface area contributed by atoms with E-state index < -0.39 is 11.6 Å². The van der Waals surface area contributed by atoms with E-state index in [2.05, 4.69) is 15.3 Å². The molecule has 1 aromatic carbocycles. The standard InChI is InChI=1S/C22H24F2N4O3/c1-28(2)9-10-30-22-11-15(7-8-25-22)13-26-20(29)5-6-21-27-14-19(31-21)17-4-3-16(23)12-18(17)24/h3-4,7-8,11-12,14H,5-6,9-10,13H2,1-2H3,(H,26,29). The zero-order valence-corrected chi connectivity index (χ0v) is 17.4. The Labute approximate surface area is 179 Å². The number of amides is 1. The summed E-state index contributed by atoms with van der Waals surface area (Å²) in [4.78, 5) is 22.4. The SMILES string of the molecule is CN(C)CCOc1cc(CNC(=O)CCc2ncc(-c3ccc(F)cc3F)o2)ccn1. The van der Waals surface area contributed by atoms with Crippen LogP contribution >= 0.6 is 0 Å². The molecule has 0 aliphatic rings. The summed E-state index contributed by atoms with van der Waals surface area (Å²) in [7, 11) is 3.92. The highest BCUT2D eigenvalue weighted by Gasteiger charge is 2.13. The third kappa shape index (κ3) is 6.85. The lowest BCUT2D eigenvalue weighted by atomic mass is 10.2. The second-order valence-electron chi connectivity index (χ2n) is 7.17. The predicted octanol–water partition coefficient (Wildman–Crippen LogP) is 3.20. The van der Waals surface area contributed by atoms with Gasteiger partial charge in [-0.1, -0.05) is 0 Å². The number of pyridine rings is 1. The Balaban J connectivity index is 1.46. The number of aryl methyl sites for hydroxylation is 1. The van der Waals surface area contributed by atoms with Crippen LogP contribution in [0, 0.1) is 11.6 Å². The zero-order chi connectivity index (χ0) is 22.2. The first-order valence-corrected chi connectivity index (χ1v) is 9.80. The summed E-state index contributed by atoms with van der Waals surface area (Å²) in [6.07, 6.45) is 3.40. The summed E-state index contributed by atoms with van der Waals surface area (Å²) in [5.41, 5.74) is 0.985. The number of hydrogen-bond donors (Lipinski definition) is 1. The molecular weight excluding hydrogens is 406 g/mol. The summed E-state index contributed by atoms with van der Waals surface area (Å²) >= 11 is 0. The Morgan fingerprint density at radius 3 is 2.81 bits per heavy atom. The van der Waals surface area contributed by atoms with Crippen molar-refractivity contribution in [1.82, 2.24) is 20.2 Å². The van der Waals surface area contributed by atoms with Crippen LogP contribution in [0.15, 0.2) is 47.1 Å². The van der Waals surface area contributed by atoms with Crippen LogP contribution in [-0.2, 0) is 17.8 Å². The van der Waals surface area contributed by atoms with Crippen molar-refractivity contribution in [3.63, 3.8) is 0 Å². The Morgan fingerprint density at radius 1 is 1.19 bits per heavy atom. The molecule has 0 saturated carbocycles. The molecule has 2 heterocycles. The number of oxazole rings is 1. The van der Waals surface area contributed by atoms with Crippen molar-refractivity contribution in [2.24, 2.45) is 0 Å². The van der Waals surface area contributed by atoms with Gasteiger partial charge in [-0.3, -0.25) is 4.79 Å². The molecule has 0 unspecified atom stereocenters. The number of carbonyl (C=O) groups excluding carboxylic acids is 1. The third-order valence-corrected chi connectivity index (χ3v) is 4.39. The monoisotopic (exact) mass is 430 g/mol. The topological polar surface area (TPSA) is 80.5 Å². The molecule has 3 rings (SSSR count). The molecule has 0 bridgehead atoms. The number of aromatic nitrogens is 2. The normalized spacial score (nSPS) is 11.0. The fourth-order valence-corrected chi connectivity index (χ4v) is 2.72. The highest BCUT2D eigenvalue weighted by molar-refractivity contribution is 5.76. The first kappa shape index (κ1) is 22.4. The van der Waals surface area contributed by atoms with E-state index >= 15 is 0 Å². The van der Waals surface area contributed by atoms with Gasteiger partial charge in [0.15, 0.2) is 11.7 Å². The van der Waals surface area contributed by atoms with Crippen LogP contribution in [0.1, 0.15) is 17.9 Å². The number of carbonyl (C=O) groups is 1. The summed E-state index contributed by atoms with van der Waals surface area (Å²) < 4.78 is 38.0. The highest BCUT2D eigenvalue weighted by Crippen LogP contribution is 2.24. The van der Waals surface area contributed by atoms with Crippen LogP contribution in [0.2, 0.25) is 0 Å². The van der Waals surface area contributed by atoms with Gasteiger partial charge < -0.3 is 19.4 Å². The Kier molecular flexibility index (Phi) is 7.66. The molecule has 0 saturated heterocycles. The van der Waals surface area contributed by atoms with Crippen molar-refractivity contribution in [3.8, 4) is 17.2 Å². The van der Waals surface area contributed by atoms with E-state index in [1.54, 1.807) is 18.3 Å². The van der Waals surface area contributed by atoms with E-state index in [4.69, 9.17) is 9.15 Å². The van der Waals surface area contributed by atoms with Crippen LogP contribution in [-0.4, -0.2) is 48.0 Å². The summed E-state index contributed by atoms with van der Waals surface area (Å²) in [6, 6.07) is 6.80. The van der Waals surface area contributed by atoms with E-state index in [-0.39, 0.29) is 30.1 Å². The van der Waals surface area contributed by atoms with Gasteiger partial charge in [-0.15, -0.1) is 0 Å². The van der Waals surface area contributed by atoms with Gasteiger partial charge in [-0.25, -0.2) is 18.7 Å². The molecule has 9 heteroatoms. The van der Waals surface area contributed by atoms with Gasteiger partial charge in [0, 0.05) is 44.3 Å². The van der Waals surface area contributed by atoms with Gasteiger partial charge >= 0.3 is 0 Å². The maximum atomic E-state index is 13.8. The molecule has 2 aromatic heterocycles. The quantitative estimate of drug-likeness (QED) is 0.532. The van der Waals surface area contributed by atoms with Crippen molar-refractivity contribution in [2.75, 3.05) is 27.2 Å². The molecule has 0 aliphatic carbocycles. The number of halogens is 2. The molecule has 7 nitrogen and oxygen atoms in total. The first-order valence-electron chi connectivity index (χ1n) is 9.80. The summed E-state index contributed by atoms with van der Waals surface area (Å²) in [6.45, 7) is 1.64. The largest absolute Gasteiger partial charge is 0.476 e. The molecule has 1 N–H and O–H groups in total. The number of nitrogens with zero attached hydrogens (tertiary/aromatic N) is 3. The molecule has 0 radical (unpaired) electrons. The van der Waals surface area contributed by atoms with E-state index in [9.17, 15) is 13.6 Å². The average Bonchev–Trinajstić information content (AvgIpc) is 3.19.